The largest absolute Gasteiger partial charge is 0.478 e. The summed E-state index contributed by atoms with van der Waals surface area (Å²) in [6, 6.07) is 26.2. The number of anilines is 2. The first kappa shape index (κ1) is 22.4. The van der Waals surface area contributed by atoms with E-state index in [2.05, 4.69) is 0 Å². The fourth-order valence-corrected chi connectivity index (χ4v) is 4.13. The van der Waals surface area contributed by atoms with Crippen LogP contribution in [0.15, 0.2) is 96.2 Å². The number of carbonyl (C=O) groups is 2. The minimum atomic E-state index is -1.18. The van der Waals surface area contributed by atoms with Gasteiger partial charge in [0, 0.05) is 16.4 Å². The smallest absolute Gasteiger partial charge is 0.355 e. The number of carboxylic acids is 1. The van der Waals surface area contributed by atoms with E-state index in [0.717, 1.165) is 11.3 Å². The molecule has 1 heterocycles. The van der Waals surface area contributed by atoms with Crippen LogP contribution < -0.4 is 9.80 Å². The highest BCUT2D eigenvalue weighted by molar-refractivity contribution is 6.30. The van der Waals surface area contributed by atoms with Gasteiger partial charge < -0.3 is 19.6 Å². The third-order valence-corrected chi connectivity index (χ3v) is 5.66. The standard InChI is InChI=1S/C26H23ClN2O4/c1-2-33-26(32)23-22(25(30)31)17-28(20-11-7-4-8-12-20)24(18-9-5-3-6-10-18)29(23)21-15-13-19(27)14-16-21/h3-16,24H,2,17H2,1H3,(H,30,31). The maximum absolute atomic E-state index is 13.2. The van der Waals surface area contributed by atoms with E-state index >= 15 is 0 Å². The average molecular weight is 463 g/mol. The minimum absolute atomic E-state index is 0.00714. The number of nitrogens with zero attached hydrogens (tertiary/aromatic N) is 2. The van der Waals surface area contributed by atoms with Gasteiger partial charge in [-0.25, -0.2) is 9.59 Å². The fourth-order valence-electron chi connectivity index (χ4n) is 4.01. The van der Waals surface area contributed by atoms with E-state index in [9.17, 15) is 14.7 Å². The summed E-state index contributed by atoms with van der Waals surface area (Å²) in [5.41, 5.74) is 2.30. The lowest BCUT2D eigenvalue weighted by Crippen LogP contribution is -2.50. The van der Waals surface area contributed by atoms with E-state index in [1.807, 2.05) is 65.6 Å². The second kappa shape index (κ2) is 9.79. The summed E-state index contributed by atoms with van der Waals surface area (Å²) in [7, 11) is 0. The Morgan fingerprint density at radius 3 is 2.12 bits per heavy atom. The molecule has 0 spiro atoms. The van der Waals surface area contributed by atoms with Gasteiger partial charge in [0.1, 0.15) is 11.9 Å². The molecule has 1 aliphatic rings. The molecular formula is C26H23ClN2O4. The van der Waals surface area contributed by atoms with Gasteiger partial charge in [-0.3, -0.25) is 0 Å². The first-order chi connectivity index (χ1) is 16.0. The summed E-state index contributed by atoms with van der Waals surface area (Å²) in [5.74, 6) is -1.86. The van der Waals surface area contributed by atoms with Crippen LogP contribution in [0.3, 0.4) is 0 Å². The Bertz CT molecular complexity index is 1160. The summed E-state index contributed by atoms with van der Waals surface area (Å²) in [4.78, 5) is 29.2. The Morgan fingerprint density at radius 2 is 1.55 bits per heavy atom. The van der Waals surface area contributed by atoms with Crippen molar-refractivity contribution < 1.29 is 19.4 Å². The van der Waals surface area contributed by atoms with Crippen LogP contribution in [-0.4, -0.2) is 30.2 Å². The van der Waals surface area contributed by atoms with Crippen molar-refractivity contribution in [2.45, 2.75) is 13.1 Å². The maximum Gasteiger partial charge on any atom is 0.355 e. The molecule has 3 aromatic carbocycles. The highest BCUT2D eigenvalue weighted by Gasteiger charge is 2.42. The monoisotopic (exact) mass is 462 g/mol. The van der Waals surface area contributed by atoms with Crippen LogP contribution in [0.2, 0.25) is 5.02 Å². The van der Waals surface area contributed by atoms with E-state index in [0.29, 0.717) is 10.7 Å². The molecule has 0 amide bonds. The van der Waals surface area contributed by atoms with Crippen LogP contribution in [0.25, 0.3) is 0 Å². The number of carbonyl (C=O) groups excluding carboxylic acids is 1. The number of hydrogen-bond donors (Lipinski definition) is 1. The SMILES string of the molecule is CCOC(=O)C1=C(C(=O)O)CN(c2ccccc2)C(c2ccccc2)N1c1ccc(Cl)cc1. The van der Waals surface area contributed by atoms with Crippen LogP contribution in [0.5, 0.6) is 0 Å². The third kappa shape index (κ3) is 4.56. The zero-order valence-corrected chi connectivity index (χ0v) is 18.8. The number of esters is 1. The van der Waals surface area contributed by atoms with E-state index < -0.39 is 18.1 Å². The summed E-state index contributed by atoms with van der Waals surface area (Å²) in [5, 5.41) is 10.7. The van der Waals surface area contributed by atoms with Gasteiger partial charge in [0.15, 0.2) is 0 Å². The van der Waals surface area contributed by atoms with Crippen molar-refractivity contribution in [1.82, 2.24) is 0 Å². The molecule has 0 aliphatic carbocycles. The molecule has 0 saturated heterocycles. The fraction of sp³-hybridized carbons (Fsp3) is 0.154. The topological polar surface area (TPSA) is 70.1 Å². The van der Waals surface area contributed by atoms with Crippen LogP contribution in [0, 0.1) is 0 Å². The summed E-state index contributed by atoms with van der Waals surface area (Å²) in [6.45, 7) is 1.85. The number of halogens is 1. The van der Waals surface area contributed by atoms with Gasteiger partial charge in [-0.2, -0.15) is 0 Å². The van der Waals surface area contributed by atoms with Crippen LogP contribution >= 0.6 is 11.6 Å². The van der Waals surface area contributed by atoms with E-state index in [1.54, 1.807) is 36.1 Å². The molecule has 1 N–H and O–H groups in total. The molecule has 1 aliphatic heterocycles. The van der Waals surface area contributed by atoms with Crippen molar-refractivity contribution in [2.75, 3.05) is 23.0 Å². The number of hydrogen-bond acceptors (Lipinski definition) is 5. The molecule has 0 aromatic heterocycles. The van der Waals surface area contributed by atoms with Crippen LogP contribution in [0.1, 0.15) is 18.7 Å². The van der Waals surface area contributed by atoms with Gasteiger partial charge >= 0.3 is 11.9 Å². The zero-order chi connectivity index (χ0) is 23.4. The van der Waals surface area contributed by atoms with Gasteiger partial charge in [0.05, 0.1) is 18.7 Å². The minimum Gasteiger partial charge on any atom is -0.478 e. The molecule has 7 heteroatoms. The van der Waals surface area contributed by atoms with Crippen LogP contribution in [-0.2, 0) is 14.3 Å². The molecule has 168 valence electrons. The number of benzene rings is 3. The molecule has 0 saturated carbocycles. The van der Waals surface area contributed by atoms with E-state index in [-0.39, 0.29) is 24.4 Å². The molecule has 0 fully saturated rings. The second-order valence-electron chi connectivity index (χ2n) is 7.45. The highest BCUT2D eigenvalue weighted by Crippen LogP contribution is 2.41. The molecule has 6 nitrogen and oxygen atoms in total. The molecule has 33 heavy (non-hydrogen) atoms. The number of para-hydroxylation sites is 1. The molecule has 3 aromatic rings. The number of rotatable bonds is 6. The Morgan fingerprint density at radius 1 is 0.939 bits per heavy atom. The molecule has 0 bridgehead atoms. The van der Waals surface area contributed by atoms with Crippen molar-refractivity contribution in [1.29, 1.82) is 0 Å². The number of carboxylic acid groups (broad SMARTS) is 1. The van der Waals surface area contributed by atoms with Crippen molar-refractivity contribution in [3.63, 3.8) is 0 Å². The average Bonchev–Trinajstić information content (AvgIpc) is 2.84. The summed E-state index contributed by atoms with van der Waals surface area (Å²) < 4.78 is 5.32. The Hall–Kier alpha value is -3.77. The van der Waals surface area contributed by atoms with Gasteiger partial charge in [-0.15, -0.1) is 0 Å². The lowest BCUT2D eigenvalue weighted by atomic mass is 9.99. The van der Waals surface area contributed by atoms with E-state index in [4.69, 9.17) is 16.3 Å². The summed E-state index contributed by atoms with van der Waals surface area (Å²) >= 11 is 6.13. The Labute approximate surface area is 197 Å². The maximum atomic E-state index is 13.2. The lowest BCUT2D eigenvalue weighted by Gasteiger charge is -2.46. The van der Waals surface area contributed by atoms with Gasteiger partial charge in [-0.1, -0.05) is 60.1 Å². The Balaban J connectivity index is 2.01. The molecule has 0 radical (unpaired) electrons. The lowest BCUT2D eigenvalue weighted by molar-refractivity contribution is -0.140. The van der Waals surface area contributed by atoms with Gasteiger partial charge in [0.25, 0.3) is 0 Å². The Kier molecular flexibility index (Phi) is 6.66. The third-order valence-electron chi connectivity index (χ3n) is 5.41. The number of ether oxygens (including phenoxy) is 1. The molecule has 1 atom stereocenters. The van der Waals surface area contributed by atoms with Crippen molar-refractivity contribution in [3.8, 4) is 0 Å². The van der Waals surface area contributed by atoms with Crippen molar-refractivity contribution in [2.24, 2.45) is 0 Å². The predicted molar refractivity (Wildman–Crippen MR) is 128 cm³/mol. The molecule has 1 unspecified atom stereocenters. The first-order valence-corrected chi connectivity index (χ1v) is 10.9. The molecule has 4 rings (SSSR count). The quantitative estimate of drug-likeness (QED) is 0.503. The zero-order valence-electron chi connectivity index (χ0n) is 18.0. The first-order valence-electron chi connectivity index (χ1n) is 10.6. The highest BCUT2D eigenvalue weighted by atomic mass is 35.5. The van der Waals surface area contributed by atoms with E-state index in [1.165, 1.54) is 0 Å². The normalized spacial score (nSPS) is 16.0. The molecular weight excluding hydrogens is 440 g/mol. The predicted octanol–water partition coefficient (Wildman–Crippen LogP) is 5.27. The number of aliphatic carboxylic acids is 1. The second-order valence-corrected chi connectivity index (χ2v) is 7.88. The summed E-state index contributed by atoms with van der Waals surface area (Å²) in [6.07, 6.45) is -0.503. The van der Waals surface area contributed by atoms with Crippen molar-refractivity contribution in [3.05, 3.63) is 107 Å². The van der Waals surface area contributed by atoms with Crippen molar-refractivity contribution >= 4 is 34.9 Å². The van der Waals surface area contributed by atoms with Gasteiger partial charge in [-0.05, 0) is 48.9 Å². The van der Waals surface area contributed by atoms with Gasteiger partial charge in [0.2, 0.25) is 0 Å². The van der Waals surface area contributed by atoms with Crippen LogP contribution in [0.4, 0.5) is 11.4 Å².